The molecule has 0 radical (unpaired) electrons. The number of nitrogens with one attached hydrogen (secondary N) is 1. The molecule has 7 heteroatoms. The van der Waals surface area contributed by atoms with Gasteiger partial charge < -0.3 is 0 Å². The van der Waals surface area contributed by atoms with Crippen LogP contribution in [-0.4, -0.2) is 18.2 Å². The van der Waals surface area contributed by atoms with Crippen LogP contribution in [0.2, 0.25) is 0 Å². The molecule has 2 aromatic carbocycles. The van der Waals surface area contributed by atoms with Gasteiger partial charge in [-0.15, -0.1) is 0 Å². The lowest BCUT2D eigenvalue weighted by molar-refractivity contribution is 0.601. The molecule has 1 N–H and O–H groups in total. The molecule has 0 atom stereocenters. The fraction of sp³-hybridized carbons (Fsp3) is 0.286. The predicted octanol–water partition coefficient (Wildman–Crippen LogP) is 4.44. The summed E-state index contributed by atoms with van der Waals surface area (Å²) in [6, 6.07) is 13.2. The minimum atomic E-state index is -3.72. The van der Waals surface area contributed by atoms with Crippen LogP contribution in [0.25, 0.3) is 0 Å². The number of rotatable bonds is 7. The molecule has 0 aliphatic heterocycles. The summed E-state index contributed by atoms with van der Waals surface area (Å²) >= 11 is 0. The molecule has 1 aromatic heterocycles. The van der Waals surface area contributed by atoms with E-state index in [4.69, 9.17) is 0 Å². The van der Waals surface area contributed by atoms with Gasteiger partial charge in [0.05, 0.1) is 28.5 Å². The monoisotopic (exact) mass is 401 g/mol. The second kappa shape index (κ2) is 8.14. The Balaban J connectivity index is 1.84. The van der Waals surface area contributed by atoms with E-state index in [2.05, 4.69) is 16.7 Å². The maximum atomic E-state index is 13.4. The van der Waals surface area contributed by atoms with E-state index < -0.39 is 10.0 Å². The number of hydrogen-bond acceptors (Lipinski definition) is 3. The van der Waals surface area contributed by atoms with E-state index in [0.29, 0.717) is 23.6 Å². The normalized spacial score (nSPS) is 11.6. The fourth-order valence-electron chi connectivity index (χ4n) is 3.12. The van der Waals surface area contributed by atoms with Gasteiger partial charge in [0, 0.05) is 0 Å². The molecule has 0 amide bonds. The van der Waals surface area contributed by atoms with Gasteiger partial charge in [0.2, 0.25) is 0 Å². The molecule has 0 fully saturated rings. The van der Waals surface area contributed by atoms with Gasteiger partial charge in [0.15, 0.2) is 0 Å². The molecule has 5 nitrogen and oxygen atoms in total. The lowest BCUT2D eigenvalue weighted by Crippen LogP contribution is -2.14. The van der Waals surface area contributed by atoms with Crippen LogP contribution in [0, 0.1) is 19.7 Å². The minimum absolute atomic E-state index is 0.212. The van der Waals surface area contributed by atoms with Crippen molar-refractivity contribution >= 4 is 15.7 Å². The third-order valence-corrected chi connectivity index (χ3v) is 5.98. The summed E-state index contributed by atoms with van der Waals surface area (Å²) in [5.41, 5.74) is 3.56. The Kier molecular flexibility index (Phi) is 5.84. The van der Waals surface area contributed by atoms with Crippen LogP contribution in [0.3, 0.4) is 0 Å². The van der Waals surface area contributed by atoms with Crippen molar-refractivity contribution in [3.05, 3.63) is 76.9 Å². The first-order valence-corrected chi connectivity index (χ1v) is 10.7. The highest BCUT2D eigenvalue weighted by atomic mass is 32.2. The predicted molar refractivity (Wildman–Crippen MR) is 108 cm³/mol. The van der Waals surface area contributed by atoms with Gasteiger partial charge in [-0.05, 0) is 55.7 Å². The van der Waals surface area contributed by atoms with E-state index in [1.165, 1.54) is 12.1 Å². The summed E-state index contributed by atoms with van der Waals surface area (Å²) in [4.78, 5) is 0.212. The van der Waals surface area contributed by atoms with Gasteiger partial charge in [0.1, 0.15) is 5.82 Å². The molecule has 0 bridgehead atoms. The van der Waals surface area contributed by atoms with Gasteiger partial charge in [0.25, 0.3) is 10.0 Å². The Labute approximate surface area is 165 Å². The molecule has 148 valence electrons. The zero-order chi connectivity index (χ0) is 20.3. The highest BCUT2D eigenvalue weighted by Gasteiger charge is 2.20. The largest absolute Gasteiger partial charge is 0.276 e. The van der Waals surface area contributed by atoms with Crippen LogP contribution >= 0.6 is 0 Å². The van der Waals surface area contributed by atoms with Crippen molar-refractivity contribution in [3.8, 4) is 0 Å². The third kappa shape index (κ3) is 4.42. The molecule has 3 aromatic rings. The SMILES string of the molecule is CCCc1ccc(S(=O)(=O)Nc2c(C)nn(Cc3cccc(F)c3)c2C)cc1. The lowest BCUT2D eigenvalue weighted by Gasteiger charge is -2.10. The standard InChI is InChI=1S/C21H24FN3O2S/c1-4-6-17-9-11-20(12-10-17)28(26,27)24-21-15(2)23-25(16(21)3)14-18-7-5-8-19(22)13-18/h5,7-13,24H,4,6,14H2,1-3H3. The van der Waals surface area contributed by atoms with Crippen LogP contribution in [-0.2, 0) is 23.0 Å². The van der Waals surface area contributed by atoms with Crippen molar-refractivity contribution in [3.63, 3.8) is 0 Å². The number of halogens is 1. The number of nitrogens with zero attached hydrogens (tertiary/aromatic N) is 2. The van der Waals surface area contributed by atoms with Crippen molar-refractivity contribution in [1.29, 1.82) is 0 Å². The van der Waals surface area contributed by atoms with Crippen LogP contribution in [0.15, 0.2) is 53.4 Å². The summed E-state index contributed by atoms with van der Waals surface area (Å²) in [6.45, 7) is 5.98. The van der Waals surface area contributed by atoms with E-state index in [-0.39, 0.29) is 10.7 Å². The van der Waals surface area contributed by atoms with E-state index in [1.807, 2.05) is 12.1 Å². The number of hydrogen-bond donors (Lipinski definition) is 1. The Hall–Kier alpha value is -2.67. The van der Waals surface area contributed by atoms with E-state index in [9.17, 15) is 12.8 Å². The molecule has 0 saturated heterocycles. The maximum absolute atomic E-state index is 13.4. The van der Waals surface area contributed by atoms with Gasteiger partial charge in [-0.25, -0.2) is 12.8 Å². The topological polar surface area (TPSA) is 64.0 Å². The van der Waals surface area contributed by atoms with E-state index in [1.54, 1.807) is 42.8 Å². The minimum Gasteiger partial charge on any atom is -0.276 e. The second-order valence-corrected chi connectivity index (χ2v) is 8.52. The molecule has 3 rings (SSSR count). The molecule has 0 unspecified atom stereocenters. The van der Waals surface area contributed by atoms with Crippen LogP contribution in [0.4, 0.5) is 10.1 Å². The molecule has 0 saturated carbocycles. The van der Waals surface area contributed by atoms with Gasteiger partial charge in [-0.2, -0.15) is 5.10 Å². The van der Waals surface area contributed by atoms with Crippen molar-refractivity contribution in [2.45, 2.75) is 45.1 Å². The molecule has 1 heterocycles. The van der Waals surface area contributed by atoms with Gasteiger partial charge in [-0.1, -0.05) is 37.6 Å². The third-order valence-electron chi connectivity index (χ3n) is 4.61. The summed E-state index contributed by atoms with van der Waals surface area (Å²) in [5, 5.41) is 4.42. The average Bonchev–Trinajstić information content (AvgIpc) is 2.90. The first kappa shape index (κ1) is 20.1. The summed E-state index contributed by atoms with van der Waals surface area (Å²) in [5.74, 6) is -0.313. The smallest absolute Gasteiger partial charge is 0.262 e. The van der Waals surface area contributed by atoms with E-state index in [0.717, 1.165) is 24.0 Å². The molecule has 0 aliphatic carbocycles. The van der Waals surface area contributed by atoms with E-state index >= 15 is 0 Å². The Morgan fingerprint density at radius 3 is 2.43 bits per heavy atom. The van der Waals surface area contributed by atoms with Gasteiger partial charge in [-0.3, -0.25) is 9.40 Å². The van der Waals surface area contributed by atoms with Gasteiger partial charge >= 0.3 is 0 Å². The molecular weight excluding hydrogens is 377 g/mol. The number of anilines is 1. The molecule has 28 heavy (non-hydrogen) atoms. The van der Waals surface area contributed by atoms with Crippen LogP contribution in [0.1, 0.15) is 35.9 Å². The highest BCUT2D eigenvalue weighted by Crippen LogP contribution is 2.24. The number of aromatic nitrogens is 2. The van der Waals surface area contributed by atoms with Crippen LogP contribution < -0.4 is 4.72 Å². The number of benzene rings is 2. The lowest BCUT2D eigenvalue weighted by atomic mass is 10.1. The molecule has 0 spiro atoms. The average molecular weight is 402 g/mol. The quantitative estimate of drug-likeness (QED) is 0.637. The van der Waals surface area contributed by atoms with Crippen molar-refractivity contribution < 1.29 is 12.8 Å². The summed E-state index contributed by atoms with van der Waals surface area (Å²) < 4.78 is 43.3. The Morgan fingerprint density at radius 2 is 1.79 bits per heavy atom. The van der Waals surface area contributed by atoms with Crippen LogP contribution in [0.5, 0.6) is 0 Å². The summed E-state index contributed by atoms with van der Waals surface area (Å²) in [7, 11) is -3.72. The Bertz CT molecular complexity index is 1070. The molecular formula is C21H24FN3O2S. The number of sulfonamides is 1. The first-order chi connectivity index (χ1) is 13.3. The molecule has 0 aliphatic rings. The Morgan fingerprint density at radius 1 is 1.07 bits per heavy atom. The van der Waals surface area contributed by atoms with Crippen molar-refractivity contribution in [2.75, 3.05) is 4.72 Å². The number of aryl methyl sites for hydroxylation is 2. The second-order valence-electron chi connectivity index (χ2n) is 6.83. The highest BCUT2D eigenvalue weighted by molar-refractivity contribution is 7.92. The fourth-order valence-corrected chi connectivity index (χ4v) is 4.30. The zero-order valence-corrected chi connectivity index (χ0v) is 17.1. The maximum Gasteiger partial charge on any atom is 0.262 e. The zero-order valence-electron chi connectivity index (χ0n) is 16.2. The summed E-state index contributed by atoms with van der Waals surface area (Å²) in [6.07, 6.45) is 1.92. The van der Waals surface area contributed by atoms with Crippen molar-refractivity contribution in [2.24, 2.45) is 0 Å². The first-order valence-electron chi connectivity index (χ1n) is 9.20. The van der Waals surface area contributed by atoms with Crippen molar-refractivity contribution in [1.82, 2.24) is 9.78 Å².